The van der Waals surface area contributed by atoms with Crippen LogP contribution in [0.15, 0.2) is 12.2 Å². The van der Waals surface area contributed by atoms with Gasteiger partial charge in [0.05, 0.1) is 12.2 Å². The second-order valence-corrected chi connectivity index (χ2v) is 8.34. The van der Waals surface area contributed by atoms with Crippen molar-refractivity contribution in [2.75, 3.05) is 0 Å². The zero-order valence-electron chi connectivity index (χ0n) is 10.2. The third-order valence-electron chi connectivity index (χ3n) is 9.15. The molecule has 2 spiro atoms. The Bertz CT molecular complexity index is 509. The largest absolute Gasteiger partial charge is 0.392 e. The van der Waals surface area contributed by atoms with Crippen LogP contribution < -0.4 is 0 Å². The third-order valence-corrected chi connectivity index (χ3v) is 9.15. The SMILES string of the molecule is O[C@@H]1CC2C3C[C@H](O)C45C6C=CC7C6C(C2C714)C35. The average Bonchev–Trinajstić information content (AvgIpc) is 3.06. The van der Waals surface area contributed by atoms with Gasteiger partial charge in [0, 0.05) is 10.8 Å². The molecule has 8 bridgehead atoms. The maximum Gasteiger partial charge on any atom is 0.0614 e. The van der Waals surface area contributed by atoms with Gasteiger partial charge in [-0.25, -0.2) is 0 Å². The van der Waals surface area contributed by atoms with Crippen molar-refractivity contribution in [3.63, 3.8) is 0 Å². The van der Waals surface area contributed by atoms with Crippen molar-refractivity contribution in [2.24, 2.45) is 58.2 Å². The van der Waals surface area contributed by atoms with Crippen LogP contribution in [0.2, 0.25) is 0 Å². The summed E-state index contributed by atoms with van der Waals surface area (Å²) in [4.78, 5) is 0. The summed E-state index contributed by atoms with van der Waals surface area (Å²) in [5.74, 6) is 6.05. The van der Waals surface area contributed by atoms with Crippen molar-refractivity contribution in [2.45, 2.75) is 25.0 Å². The van der Waals surface area contributed by atoms with E-state index in [0.717, 1.165) is 48.3 Å². The number of rotatable bonds is 0. The van der Waals surface area contributed by atoms with Gasteiger partial charge in [-0.05, 0) is 60.2 Å². The van der Waals surface area contributed by atoms with E-state index in [1.807, 2.05) is 0 Å². The lowest BCUT2D eigenvalue weighted by Gasteiger charge is -2.53. The Balaban J connectivity index is 1.71. The molecule has 0 aliphatic heterocycles. The molecule has 2 N–H and O–H groups in total. The smallest absolute Gasteiger partial charge is 0.0614 e. The summed E-state index contributed by atoms with van der Waals surface area (Å²) in [5, 5.41) is 21.8. The highest BCUT2D eigenvalue weighted by atomic mass is 16.3. The van der Waals surface area contributed by atoms with Crippen LogP contribution in [-0.4, -0.2) is 22.4 Å². The fourth-order valence-corrected chi connectivity index (χ4v) is 9.92. The van der Waals surface area contributed by atoms with Gasteiger partial charge in [0.1, 0.15) is 0 Å². The molecular formula is C16H18O2. The van der Waals surface area contributed by atoms with E-state index >= 15 is 0 Å². The minimum absolute atomic E-state index is 0.107. The van der Waals surface area contributed by atoms with Gasteiger partial charge >= 0.3 is 0 Å². The topological polar surface area (TPSA) is 40.5 Å². The van der Waals surface area contributed by atoms with Crippen molar-refractivity contribution in [3.05, 3.63) is 12.2 Å². The van der Waals surface area contributed by atoms with E-state index in [0.29, 0.717) is 11.8 Å². The average molecular weight is 242 g/mol. The molecule has 94 valence electrons. The molecule has 0 aromatic heterocycles. The molecule has 0 aromatic rings. The first-order chi connectivity index (χ1) is 8.75. The Labute approximate surface area is 106 Å². The number of hydrogen-bond acceptors (Lipinski definition) is 2. The Morgan fingerprint density at radius 1 is 0.778 bits per heavy atom. The number of fused-ring (bicyclic) bond motifs is 1. The summed E-state index contributed by atoms with van der Waals surface area (Å²) < 4.78 is 0. The van der Waals surface area contributed by atoms with Crippen LogP contribution >= 0.6 is 0 Å². The Kier molecular flexibility index (Phi) is 0.953. The highest BCUT2D eigenvalue weighted by Gasteiger charge is 2.98. The highest BCUT2D eigenvalue weighted by molar-refractivity contribution is 5.50. The molecule has 18 heavy (non-hydrogen) atoms. The minimum Gasteiger partial charge on any atom is -0.392 e. The van der Waals surface area contributed by atoms with Crippen LogP contribution in [0.1, 0.15) is 12.8 Å². The molecule has 7 fully saturated rings. The maximum absolute atomic E-state index is 10.9. The second-order valence-electron chi connectivity index (χ2n) is 8.34. The molecule has 0 aromatic carbocycles. The molecule has 2 nitrogen and oxygen atoms in total. The van der Waals surface area contributed by atoms with Crippen LogP contribution in [0.5, 0.6) is 0 Å². The number of aliphatic hydroxyl groups is 2. The monoisotopic (exact) mass is 242 g/mol. The van der Waals surface area contributed by atoms with Crippen LogP contribution in [0.25, 0.3) is 0 Å². The third kappa shape index (κ3) is 0.419. The van der Waals surface area contributed by atoms with E-state index in [1.165, 1.54) is 0 Å². The number of allylic oxidation sites excluding steroid dienone is 2. The van der Waals surface area contributed by atoms with Crippen LogP contribution in [0.3, 0.4) is 0 Å². The Hall–Kier alpha value is -0.340. The van der Waals surface area contributed by atoms with E-state index < -0.39 is 0 Å². The van der Waals surface area contributed by atoms with Gasteiger partial charge in [0.2, 0.25) is 0 Å². The summed E-state index contributed by atoms with van der Waals surface area (Å²) in [6.07, 6.45) is 6.76. The molecule has 0 amide bonds. The predicted molar refractivity (Wildman–Crippen MR) is 63.2 cm³/mol. The molecule has 8 rings (SSSR count). The van der Waals surface area contributed by atoms with Crippen molar-refractivity contribution in [1.29, 1.82) is 0 Å². The van der Waals surface area contributed by atoms with Crippen LogP contribution in [0, 0.1) is 58.2 Å². The van der Waals surface area contributed by atoms with Crippen LogP contribution in [0.4, 0.5) is 0 Å². The number of hydrogen-bond donors (Lipinski definition) is 2. The lowest BCUT2D eigenvalue weighted by Crippen LogP contribution is -2.56. The van der Waals surface area contributed by atoms with Gasteiger partial charge in [0.15, 0.2) is 0 Å². The van der Waals surface area contributed by atoms with Gasteiger partial charge in [-0.15, -0.1) is 0 Å². The first kappa shape index (κ1) is 8.76. The molecule has 8 aliphatic rings. The Morgan fingerprint density at radius 3 is 1.78 bits per heavy atom. The normalized spacial score (nSPS) is 86.1. The van der Waals surface area contributed by atoms with E-state index in [4.69, 9.17) is 0 Å². The molecule has 0 radical (unpaired) electrons. The summed E-state index contributed by atoms with van der Waals surface area (Å²) in [5.41, 5.74) is 0.257. The van der Waals surface area contributed by atoms with Crippen LogP contribution in [-0.2, 0) is 0 Å². The molecule has 0 heterocycles. The summed E-state index contributed by atoms with van der Waals surface area (Å²) in [7, 11) is 0. The van der Waals surface area contributed by atoms with Gasteiger partial charge in [0.25, 0.3) is 0 Å². The van der Waals surface area contributed by atoms with Gasteiger partial charge in [-0.3, -0.25) is 0 Å². The fourth-order valence-electron chi connectivity index (χ4n) is 9.92. The van der Waals surface area contributed by atoms with Crippen molar-refractivity contribution >= 4 is 0 Å². The lowest BCUT2D eigenvalue weighted by atomic mass is 9.52. The highest BCUT2D eigenvalue weighted by Crippen LogP contribution is 2.99. The number of aliphatic hydroxyl groups excluding tert-OH is 2. The maximum atomic E-state index is 10.9. The van der Waals surface area contributed by atoms with Crippen molar-refractivity contribution < 1.29 is 10.2 Å². The molecule has 10 unspecified atom stereocenters. The fraction of sp³-hybridized carbons (Fsp3) is 0.875. The first-order valence-corrected chi connectivity index (χ1v) is 7.80. The van der Waals surface area contributed by atoms with Crippen molar-refractivity contribution in [3.8, 4) is 0 Å². The van der Waals surface area contributed by atoms with Crippen molar-refractivity contribution in [1.82, 2.24) is 0 Å². The first-order valence-electron chi connectivity index (χ1n) is 7.80. The van der Waals surface area contributed by atoms with E-state index in [2.05, 4.69) is 12.2 Å². The van der Waals surface area contributed by atoms with E-state index in [-0.39, 0.29) is 23.0 Å². The molecule has 7 saturated carbocycles. The molecule has 12 atom stereocenters. The quantitative estimate of drug-likeness (QED) is 0.623. The summed E-state index contributed by atoms with van der Waals surface area (Å²) in [6.45, 7) is 0. The molecule has 0 saturated heterocycles. The summed E-state index contributed by atoms with van der Waals surface area (Å²) in [6, 6.07) is 0. The minimum atomic E-state index is -0.107. The van der Waals surface area contributed by atoms with Gasteiger partial charge in [-0.1, -0.05) is 12.2 Å². The Morgan fingerprint density at radius 2 is 1.28 bits per heavy atom. The zero-order valence-corrected chi connectivity index (χ0v) is 10.2. The lowest BCUT2D eigenvalue weighted by molar-refractivity contribution is -0.128. The van der Waals surface area contributed by atoms with E-state index in [1.54, 1.807) is 0 Å². The standard InChI is InChI=1S/C16H18O2/c17-9-3-5-6-4-10(18)16-8-2-1-7-11(8)12(14(6)16)13(5)15(7,9)16/h1-2,5-14,17-18H,3-4H2/t5?,6?,7?,8?,9-,10+,11?,12?,13?,14?,15?,16?. The molecular weight excluding hydrogens is 224 g/mol. The second kappa shape index (κ2) is 1.96. The predicted octanol–water partition coefficient (Wildman–Crippen LogP) is 1.04. The summed E-state index contributed by atoms with van der Waals surface area (Å²) >= 11 is 0. The molecule has 8 aliphatic carbocycles. The molecule has 2 heteroatoms. The van der Waals surface area contributed by atoms with E-state index in [9.17, 15) is 10.2 Å². The van der Waals surface area contributed by atoms with Gasteiger partial charge in [-0.2, -0.15) is 0 Å². The zero-order chi connectivity index (χ0) is 11.6. The van der Waals surface area contributed by atoms with Gasteiger partial charge < -0.3 is 10.2 Å².